The summed E-state index contributed by atoms with van der Waals surface area (Å²) in [5, 5.41) is 0. The lowest BCUT2D eigenvalue weighted by molar-refractivity contribution is 0.164. The lowest BCUT2D eigenvalue weighted by Gasteiger charge is -2.20. The van der Waals surface area contributed by atoms with Crippen molar-refractivity contribution in [2.24, 2.45) is 11.8 Å². The Hall–Kier alpha value is -0.180. The van der Waals surface area contributed by atoms with Crippen molar-refractivity contribution in [3.05, 3.63) is 0 Å². The van der Waals surface area contributed by atoms with Crippen LogP contribution in [0.1, 0.15) is 47.0 Å². The highest BCUT2D eigenvalue weighted by molar-refractivity contribution is 7.90. The van der Waals surface area contributed by atoms with Gasteiger partial charge in [0.05, 0.1) is 17.6 Å². The summed E-state index contributed by atoms with van der Waals surface area (Å²) in [5.74, 6) is -0.839. The summed E-state index contributed by atoms with van der Waals surface area (Å²) in [5.41, 5.74) is 0. The van der Waals surface area contributed by atoms with Crippen LogP contribution in [0.2, 0.25) is 0 Å². The molecule has 0 rings (SSSR count). The predicted octanol–water partition coefficient (Wildman–Crippen LogP) is 2.07. The molecule has 6 nitrogen and oxygen atoms in total. The average molecular weight is 330 g/mol. The Morgan fingerprint density at radius 2 is 1.45 bits per heavy atom. The fourth-order valence-electron chi connectivity index (χ4n) is 1.71. The number of hydrogen-bond donors (Lipinski definition) is 1. The van der Waals surface area contributed by atoms with E-state index in [1.807, 2.05) is 27.7 Å². The second-order valence-electron chi connectivity index (χ2n) is 5.87. The van der Waals surface area contributed by atoms with Crippen molar-refractivity contribution in [2.45, 2.75) is 53.1 Å². The van der Waals surface area contributed by atoms with Crippen molar-refractivity contribution in [3.63, 3.8) is 0 Å². The van der Waals surface area contributed by atoms with E-state index < -0.39 is 37.8 Å². The van der Waals surface area contributed by atoms with Crippen LogP contribution in [0.25, 0.3) is 0 Å². The van der Waals surface area contributed by atoms with Gasteiger partial charge in [-0.05, 0) is 31.1 Å². The van der Waals surface area contributed by atoms with Crippen molar-refractivity contribution < 1.29 is 25.6 Å². The highest BCUT2D eigenvalue weighted by Gasteiger charge is 2.22. The molecule has 0 fully saturated rings. The molecular weight excluding hydrogens is 304 g/mol. The lowest BCUT2D eigenvalue weighted by atomic mass is 9.99. The van der Waals surface area contributed by atoms with Crippen LogP contribution < -0.4 is 0 Å². The molecule has 122 valence electrons. The van der Waals surface area contributed by atoms with Crippen LogP contribution in [0.5, 0.6) is 0 Å². The molecule has 0 saturated carbocycles. The molecule has 8 heteroatoms. The van der Waals surface area contributed by atoms with Gasteiger partial charge in [-0.2, -0.15) is 16.8 Å². The first-order chi connectivity index (χ1) is 8.91. The van der Waals surface area contributed by atoms with Crippen LogP contribution in [-0.2, 0) is 24.4 Å². The molecule has 20 heavy (non-hydrogen) atoms. The Bertz CT molecular complexity index is 464. The maximum Gasteiger partial charge on any atom is 0.268 e. The third-order valence-corrected chi connectivity index (χ3v) is 4.92. The Labute approximate surface area is 122 Å². The lowest BCUT2D eigenvalue weighted by Crippen LogP contribution is -2.25. The first-order valence-electron chi connectivity index (χ1n) is 6.77. The Kier molecular flexibility index (Phi) is 8.23. The zero-order valence-corrected chi connectivity index (χ0v) is 14.2. The zero-order chi connectivity index (χ0) is 16.0. The molecule has 0 bridgehead atoms. The van der Waals surface area contributed by atoms with E-state index in [2.05, 4.69) is 0 Å². The Morgan fingerprint density at radius 1 is 0.900 bits per heavy atom. The largest absolute Gasteiger partial charge is 0.286 e. The Morgan fingerprint density at radius 3 is 1.85 bits per heavy atom. The molecule has 0 aromatic heterocycles. The zero-order valence-electron chi connectivity index (χ0n) is 12.6. The highest BCUT2D eigenvalue weighted by Crippen LogP contribution is 2.19. The molecule has 0 amide bonds. The molecule has 1 unspecified atom stereocenters. The molecule has 0 aliphatic heterocycles. The fourth-order valence-corrected chi connectivity index (χ4v) is 4.06. The van der Waals surface area contributed by atoms with Gasteiger partial charge in [-0.1, -0.05) is 27.7 Å². The van der Waals surface area contributed by atoms with Gasteiger partial charge in [-0.15, -0.1) is 0 Å². The summed E-state index contributed by atoms with van der Waals surface area (Å²) >= 11 is 0. The van der Waals surface area contributed by atoms with Crippen LogP contribution in [0, 0.1) is 11.8 Å². The molecular formula is C12H26O6S2. The number of hydrogen-bond acceptors (Lipinski definition) is 5. The second kappa shape index (κ2) is 8.31. The van der Waals surface area contributed by atoms with Crippen molar-refractivity contribution in [1.82, 2.24) is 0 Å². The number of rotatable bonds is 10. The van der Waals surface area contributed by atoms with Gasteiger partial charge < -0.3 is 0 Å². The third kappa shape index (κ3) is 11.6. The molecule has 0 spiro atoms. The fraction of sp³-hybridized carbons (Fsp3) is 1.00. The molecule has 0 heterocycles. The van der Waals surface area contributed by atoms with Crippen LogP contribution in [0.3, 0.4) is 0 Å². The minimum absolute atomic E-state index is 0.281. The summed E-state index contributed by atoms with van der Waals surface area (Å²) < 4.78 is 58.3. The van der Waals surface area contributed by atoms with E-state index in [1.165, 1.54) is 0 Å². The molecule has 0 aliphatic carbocycles. The quantitative estimate of drug-likeness (QED) is 0.486. The molecule has 0 aromatic carbocycles. The van der Waals surface area contributed by atoms with Gasteiger partial charge in [0.2, 0.25) is 0 Å². The van der Waals surface area contributed by atoms with Gasteiger partial charge in [0.1, 0.15) is 0 Å². The monoisotopic (exact) mass is 330 g/mol. The molecule has 0 aliphatic rings. The maximum absolute atomic E-state index is 11.7. The van der Waals surface area contributed by atoms with Gasteiger partial charge in [0.25, 0.3) is 20.2 Å². The van der Waals surface area contributed by atoms with Gasteiger partial charge >= 0.3 is 0 Å². The van der Waals surface area contributed by atoms with Crippen LogP contribution >= 0.6 is 0 Å². The normalized spacial score (nSPS) is 14.9. The van der Waals surface area contributed by atoms with Gasteiger partial charge in [0.15, 0.2) is 0 Å². The van der Waals surface area contributed by atoms with Crippen molar-refractivity contribution in [1.29, 1.82) is 0 Å². The predicted molar refractivity (Wildman–Crippen MR) is 78.6 cm³/mol. The van der Waals surface area contributed by atoms with E-state index in [4.69, 9.17) is 8.74 Å². The SMILES string of the molecule is CC(C)CCC(CC(C)C)OS(=O)(=O)CCS(=O)(=O)O. The Balaban J connectivity index is 4.60. The summed E-state index contributed by atoms with van der Waals surface area (Å²) in [4.78, 5) is 0. The molecule has 0 aromatic rings. The minimum atomic E-state index is -4.30. The van der Waals surface area contributed by atoms with E-state index in [0.717, 1.165) is 6.42 Å². The standard InChI is InChI=1S/C12H26O6S2/c1-10(2)5-6-12(9-11(3)4)18-20(16,17)8-7-19(13,14)15/h10-12H,5-9H2,1-4H3,(H,13,14,15). The smallest absolute Gasteiger partial charge is 0.268 e. The molecule has 0 radical (unpaired) electrons. The first-order valence-corrected chi connectivity index (χ1v) is 9.96. The van der Waals surface area contributed by atoms with Crippen molar-refractivity contribution >= 4 is 20.2 Å². The molecule has 1 N–H and O–H groups in total. The molecule has 1 atom stereocenters. The van der Waals surface area contributed by atoms with E-state index in [-0.39, 0.29) is 5.92 Å². The summed E-state index contributed by atoms with van der Waals surface area (Å²) in [6.07, 6.45) is 1.60. The van der Waals surface area contributed by atoms with Crippen LogP contribution in [-0.4, -0.2) is 39.0 Å². The highest BCUT2D eigenvalue weighted by atomic mass is 32.2. The van der Waals surface area contributed by atoms with E-state index in [0.29, 0.717) is 18.8 Å². The van der Waals surface area contributed by atoms with Crippen molar-refractivity contribution in [3.8, 4) is 0 Å². The summed E-state index contributed by atoms with van der Waals surface area (Å²) in [7, 11) is -8.25. The van der Waals surface area contributed by atoms with E-state index in [1.54, 1.807) is 0 Å². The van der Waals surface area contributed by atoms with Crippen LogP contribution in [0.4, 0.5) is 0 Å². The second-order valence-corrected chi connectivity index (χ2v) is 9.15. The van der Waals surface area contributed by atoms with Gasteiger partial charge in [0, 0.05) is 0 Å². The maximum atomic E-state index is 11.7. The summed E-state index contributed by atoms with van der Waals surface area (Å²) in [6.45, 7) is 8.02. The van der Waals surface area contributed by atoms with E-state index in [9.17, 15) is 16.8 Å². The summed E-state index contributed by atoms with van der Waals surface area (Å²) in [6, 6.07) is 0. The topological polar surface area (TPSA) is 97.7 Å². The van der Waals surface area contributed by atoms with Gasteiger partial charge in [-0.25, -0.2) is 0 Å². The molecule has 0 saturated heterocycles. The van der Waals surface area contributed by atoms with E-state index >= 15 is 0 Å². The minimum Gasteiger partial charge on any atom is -0.286 e. The first kappa shape index (κ1) is 19.8. The van der Waals surface area contributed by atoms with Crippen molar-refractivity contribution in [2.75, 3.05) is 11.5 Å². The third-order valence-electron chi connectivity index (χ3n) is 2.67. The van der Waals surface area contributed by atoms with Crippen LogP contribution in [0.15, 0.2) is 0 Å². The average Bonchev–Trinajstić information content (AvgIpc) is 2.21. The van der Waals surface area contributed by atoms with Gasteiger partial charge in [-0.3, -0.25) is 8.74 Å².